The number of carbonyl (C=O) groups is 1. The van der Waals surface area contributed by atoms with Crippen molar-refractivity contribution in [2.45, 2.75) is 45.1 Å². The maximum Gasteiger partial charge on any atom is 0.410 e. The lowest BCUT2D eigenvalue weighted by molar-refractivity contribution is 0.0204. The van der Waals surface area contributed by atoms with Crippen molar-refractivity contribution in [3.05, 3.63) is 29.8 Å². The Labute approximate surface area is 134 Å². The van der Waals surface area contributed by atoms with Crippen molar-refractivity contribution in [2.24, 2.45) is 0 Å². The first-order chi connectivity index (χ1) is 10.8. The lowest BCUT2D eigenvalue weighted by Gasteiger charge is -2.33. The number of nitrogens with one attached hydrogen (secondary N) is 1. The topological polar surface area (TPSA) is 58.2 Å². The Kier molecular flexibility index (Phi) is 4.00. The molecule has 5 nitrogen and oxygen atoms in total. The molecule has 0 aliphatic carbocycles. The van der Waals surface area contributed by atoms with Crippen LogP contribution < -0.4 is 0 Å². The molecule has 23 heavy (non-hydrogen) atoms. The van der Waals surface area contributed by atoms with E-state index in [0.29, 0.717) is 24.3 Å². The van der Waals surface area contributed by atoms with Gasteiger partial charge >= 0.3 is 6.09 Å². The van der Waals surface area contributed by atoms with Crippen molar-refractivity contribution in [2.75, 3.05) is 13.1 Å². The molecule has 0 atom stereocenters. The van der Waals surface area contributed by atoms with E-state index in [2.05, 4.69) is 9.97 Å². The minimum atomic E-state index is -0.498. The summed E-state index contributed by atoms with van der Waals surface area (Å²) < 4.78 is 19.7. The summed E-state index contributed by atoms with van der Waals surface area (Å²) in [6.45, 7) is 6.71. The van der Waals surface area contributed by atoms with Crippen LogP contribution in [0.4, 0.5) is 9.18 Å². The van der Waals surface area contributed by atoms with Gasteiger partial charge in [-0.2, -0.15) is 0 Å². The number of hydrogen-bond donors (Lipinski definition) is 1. The number of nitrogens with zero attached hydrogens (tertiary/aromatic N) is 2. The van der Waals surface area contributed by atoms with Crippen LogP contribution in [-0.4, -0.2) is 39.7 Å². The van der Waals surface area contributed by atoms with Crippen molar-refractivity contribution in [3.63, 3.8) is 0 Å². The third kappa shape index (κ3) is 3.30. The summed E-state index contributed by atoms with van der Waals surface area (Å²) in [7, 11) is 0. The van der Waals surface area contributed by atoms with Gasteiger partial charge in [0.25, 0.3) is 0 Å². The number of rotatable bonds is 1. The molecule has 0 spiro atoms. The highest BCUT2D eigenvalue weighted by Gasteiger charge is 2.29. The van der Waals surface area contributed by atoms with E-state index in [-0.39, 0.29) is 17.8 Å². The first kappa shape index (κ1) is 15.8. The van der Waals surface area contributed by atoms with Gasteiger partial charge in [0.1, 0.15) is 17.1 Å². The van der Waals surface area contributed by atoms with Gasteiger partial charge in [0.15, 0.2) is 0 Å². The predicted octanol–water partition coefficient (Wildman–Crippen LogP) is 3.82. The number of ether oxygens (including phenoxy) is 1. The monoisotopic (exact) mass is 319 g/mol. The molecule has 2 aromatic rings. The van der Waals surface area contributed by atoms with E-state index in [1.807, 2.05) is 26.8 Å². The quantitative estimate of drug-likeness (QED) is 0.869. The van der Waals surface area contributed by atoms with Crippen molar-refractivity contribution >= 4 is 17.1 Å². The van der Waals surface area contributed by atoms with Gasteiger partial charge in [0.2, 0.25) is 0 Å². The molecule has 2 aromatic heterocycles. The average Bonchev–Trinajstić information content (AvgIpc) is 2.94. The van der Waals surface area contributed by atoms with Crippen LogP contribution >= 0.6 is 0 Å². The zero-order chi connectivity index (χ0) is 16.6. The van der Waals surface area contributed by atoms with Gasteiger partial charge in [-0.3, -0.25) is 0 Å². The highest BCUT2D eigenvalue weighted by molar-refractivity contribution is 5.80. The molecule has 124 valence electrons. The lowest BCUT2D eigenvalue weighted by Crippen LogP contribution is -2.41. The molecule has 1 saturated heterocycles. The van der Waals surface area contributed by atoms with Crippen molar-refractivity contribution in [1.82, 2.24) is 14.9 Å². The Hall–Kier alpha value is -2.11. The summed E-state index contributed by atoms with van der Waals surface area (Å²) in [4.78, 5) is 20.9. The minimum Gasteiger partial charge on any atom is -0.444 e. The summed E-state index contributed by atoms with van der Waals surface area (Å²) in [5.41, 5.74) is 0.915. The van der Waals surface area contributed by atoms with Crippen LogP contribution in [0, 0.1) is 5.82 Å². The van der Waals surface area contributed by atoms with Crippen LogP contribution in [0.25, 0.3) is 11.0 Å². The molecule has 1 amide bonds. The van der Waals surface area contributed by atoms with Crippen molar-refractivity contribution in [1.29, 1.82) is 0 Å². The van der Waals surface area contributed by atoms with Gasteiger partial charge in [-0.25, -0.2) is 14.2 Å². The highest BCUT2D eigenvalue weighted by atomic mass is 19.1. The Morgan fingerprint density at radius 3 is 2.74 bits per heavy atom. The number of hydrogen-bond acceptors (Lipinski definition) is 3. The maximum atomic E-state index is 14.3. The van der Waals surface area contributed by atoms with Gasteiger partial charge in [-0.15, -0.1) is 0 Å². The van der Waals surface area contributed by atoms with Gasteiger partial charge < -0.3 is 14.6 Å². The van der Waals surface area contributed by atoms with E-state index in [9.17, 15) is 9.18 Å². The molecule has 1 aliphatic heterocycles. The lowest BCUT2D eigenvalue weighted by atomic mass is 9.88. The molecule has 0 bridgehead atoms. The van der Waals surface area contributed by atoms with E-state index in [1.54, 1.807) is 11.1 Å². The number of aromatic amines is 1. The molecule has 0 unspecified atom stereocenters. The molecular weight excluding hydrogens is 297 g/mol. The van der Waals surface area contributed by atoms with Crippen LogP contribution in [0.15, 0.2) is 18.5 Å². The first-order valence-electron chi connectivity index (χ1n) is 7.94. The number of H-pyrrole nitrogens is 1. The standard InChI is InChI=1S/C17H22FN3O2/c1-17(2,3)23-16(22)21-8-5-11(6-9-21)14-12-4-7-19-15(12)20-10-13(14)18/h4,7,10-11H,5-6,8-9H2,1-3H3,(H,19,20). The Morgan fingerprint density at radius 2 is 2.09 bits per heavy atom. The number of pyridine rings is 1. The second-order valence-electron chi connectivity index (χ2n) is 7.00. The molecule has 6 heteroatoms. The Balaban J connectivity index is 1.72. The molecule has 3 heterocycles. The SMILES string of the molecule is CC(C)(C)OC(=O)N1CCC(c2c(F)cnc3[nH]ccc23)CC1. The summed E-state index contributed by atoms with van der Waals surface area (Å²) in [5, 5.41) is 0.834. The number of aromatic nitrogens is 2. The molecule has 1 N–H and O–H groups in total. The molecule has 0 radical (unpaired) electrons. The zero-order valence-corrected chi connectivity index (χ0v) is 13.7. The van der Waals surface area contributed by atoms with Crippen molar-refractivity contribution < 1.29 is 13.9 Å². The van der Waals surface area contributed by atoms with Crippen LogP contribution in [-0.2, 0) is 4.74 Å². The Morgan fingerprint density at radius 1 is 1.39 bits per heavy atom. The summed E-state index contributed by atoms with van der Waals surface area (Å²) in [6, 6.07) is 1.86. The number of fused-ring (bicyclic) bond motifs is 1. The van der Waals surface area contributed by atoms with Crippen LogP contribution in [0.5, 0.6) is 0 Å². The molecular formula is C17H22FN3O2. The van der Waals surface area contributed by atoms with Gasteiger partial charge in [-0.1, -0.05) is 0 Å². The fraction of sp³-hybridized carbons (Fsp3) is 0.529. The predicted molar refractivity (Wildman–Crippen MR) is 85.8 cm³/mol. The van der Waals surface area contributed by atoms with E-state index in [0.717, 1.165) is 18.2 Å². The fourth-order valence-corrected chi connectivity index (χ4v) is 3.10. The molecule has 0 saturated carbocycles. The van der Waals surface area contributed by atoms with Crippen LogP contribution in [0.1, 0.15) is 45.1 Å². The highest BCUT2D eigenvalue weighted by Crippen LogP contribution is 2.34. The first-order valence-corrected chi connectivity index (χ1v) is 7.94. The smallest absolute Gasteiger partial charge is 0.410 e. The van der Waals surface area contributed by atoms with E-state index in [4.69, 9.17) is 4.74 Å². The molecule has 3 rings (SSSR count). The largest absolute Gasteiger partial charge is 0.444 e. The summed E-state index contributed by atoms with van der Waals surface area (Å²) >= 11 is 0. The number of amides is 1. The third-order valence-electron chi connectivity index (χ3n) is 4.13. The number of likely N-dealkylation sites (tertiary alicyclic amines) is 1. The number of carbonyl (C=O) groups excluding carboxylic acids is 1. The average molecular weight is 319 g/mol. The second-order valence-corrected chi connectivity index (χ2v) is 7.00. The van der Waals surface area contributed by atoms with Crippen LogP contribution in [0.3, 0.4) is 0 Å². The summed E-state index contributed by atoms with van der Waals surface area (Å²) in [5.74, 6) is -0.178. The van der Waals surface area contributed by atoms with E-state index in [1.165, 1.54) is 6.20 Å². The number of piperidine rings is 1. The van der Waals surface area contributed by atoms with E-state index < -0.39 is 5.60 Å². The fourth-order valence-electron chi connectivity index (χ4n) is 3.10. The molecule has 0 aromatic carbocycles. The van der Waals surface area contributed by atoms with E-state index >= 15 is 0 Å². The molecule has 1 fully saturated rings. The van der Waals surface area contributed by atoms with Gasteiger partial charge in [0.05, 0.1) is 6.20 Å². The van der Waals surface area contributed by atoms with Gasteiger partial charge in [0, 0.05) is 30.2 Å². The zero-order valence-electron chi connectivity index (χ0n) is 13.7. The van der Waals surface area contributed by atoms with Crippen molar-refractivity contribution in [3.8, 4) is 0 Å². The number of halogens is 1. The summed E-state index contributed by atoms with van der Waals surface area (Å²) in [6.07, 6.45) is 4.20. The van der Waals surface area contributed by atoms with Gasteiger partial charge in [-0.05, 0) is 45.6 Å². The normalized spacial score (nSPS) is 16.8. The second kappa shape index (κ2) is 5.83. The minimum absolute atomic E-state index is 0.0926. The third-order valence-corrected chi connectivity index (χ3v) is 4.13. The Bertz CT molecular complexity index is 712. The van der Waals surface area contributed by atoms with Crippen LogP contribution in [0.2, 0.25) is 0 Å². The maximum absolute atomic E-state index is 14.3. The molecule has 1 aliphatic rings.